The third kappa shape index (κ3) is 7.68. The number of sulfonamides is 1. The minimum Gasteiger partial charge on any atom is -0.495 e. The van der Waals surface area contributed by atoms with Crippen molar-refractivity contribution in [1.29, 1.82) is 0 Å². The Labute approximate surface area is 220 Å². The number of hydrogen-bond acceptors (Lipinski definition) is 5. The lowest BCUT2D eigenvalue weighted by molar-refractivity contribution is -0.118. The van der Waals surface area contributed by atoms with Crippen molar-refractivity contribution >= 4 is 44.8 Å². The Balaban J connectivity index is 1.80. The van der Waals surface area contributed by atoms with Crippen molar-refractivity contribution in [2.75, 3.05) is 17.1 Å². The molecule has 3 N–H and O–H groups in total. The van der Waals surface area contributed by atoms with Gasteiger partial charge >= 0.3 is 0 Å². The minimum absolute atomic E-state index is 0.0650. The minimum atomic E-state index is -4.07. The first-order valence-corrected chi connectivity index (χ1v) is 13.2. The van der Waals surface area contributed by atoms with Crippen LogP contribution in [-0.2, 0) is 14.8 Å². The van der Waals surface area contributed by atoms with Crippen LogP contribution in [0.1, 0.15) is 30.6 Å². The highest BCUT2D eigenvalue weighted by molar-refractivity contribution is 7.92. The number of ether oxygens (including phenoxy) is 1. The number of amides is 2. The smallest absolute Gasteiger partial charge is 0.262 e. The predicted molar refractivity (Wildman–Crippen MR) is 141 cm³/mol. The van der Waals surface area contributed by atoms with Gasteiger partial charge in [0, 0.05) is 16.3 Å². The molecule has 1 atom stereocenters. The van der Waals surface area contributed by atoms with E-state index >= 15 is 0 Å². The van der Waals surface area contributed by atoms with Crippen molar-refractivity contribution in [1.82, 2.24) is 5.32 Å². The highest BCUT2D eigenvalue weighted by Gasteiger charge is 2.24. The van der Waals surface area contributed by atoms with Gasteiger partial charge in [-0.3, -0.25) is 14.3 Å². The maximum atomic E-state index is 13.2. The number of anilines is 2. The number of carbonyl (C=O) groups excluding carboxylic acids is 2. The molecule has 0 fully saturated rings. The zero-order valence-corrected chi connectivity index (χ0v) is 22.0. The fraction of sp³-hybridized carbons (Fsp3) is 0.231. The van der Waals surface area contributed by atoms with Gasteiger partial charge in [-0.05, 0) is 79.1 Å². The normalized spacial score (nSPS) is 12.1. The molecule has 3 aromatic carbocycles. The summed E-state index contributed by atoms with van der Waals surface area (Å²) in [5.41, 5.74) is 0.695. The Morgan fingerprint density at radius 3 is 2.24 bits per heavy atom. The lowest BCUT2D eigenvalue weighted by Gasteiger charge is -2.21. The van der Waals surface area contributed by atoms with E-state index < -0.39 is 33.7 Å². The van der Waals surface area contributed by atoms with E-state index in [1.165, 1.54) is 19.2 Å². The van der Waals surface area contributed by atoms with Crippen LogP contribution in [0.5, 0.6) is 5.75 Å². The second-order valence-corrected chi connectivity index (χ2v) is 10.7. The monoisotopic (exact) mass is 547 g/mol. The van der Waals surface area contributed by atoms with Gasteiger partial charge in [0.05, 0.1) is 17.7 Å². The molecule has 11 heteroatoms. The molecule has 1 unspecified atom stereocenters. The number of nitrogens with one attached hydrogen (secondary N) is 3. The van der Waals surface area contributed by atoms with Gasteiger partial charge in [0.15, 0.2) is 0 Å². The first-order chi connectivity index (χ1) is 17.5. The first kappa shape index (κ1) is 27.9. The molecule has 37 heavy (non-hydrogen) atoms. The van der Waals surface area contributed by atoms with Crippen LogP contribution in [0.25, 0.3) is 0 Å². The summed E-state index contributed by atoms with van der Waals surface area (Å²) in [5, 5.41) is 5.95. The highest BCUT2D eigenvalue weighted by atomic mass is 35.5. The molecule has 0 radical (unpaired) electrons. The van der Waals surface area contributed by atoms with Crippen molar-refractivity contribution in [2.45, 2.75) is 31.2 Å². The number of hydrogen-bond donors (Lipinski definition) is 3. The SMILES string of the molecule is COc1ccc(NC(=O)C(CC(C)C)NC(=O)c2ccc(Cl)cc2)cc1NS(=O)(=O)c1ccc(F)cc1. The number of methoxy groups -OCH3 is 1. The molecule has 3 rings (SSSR count). The molecule has 0 aliphatic carbocycles. The third-order valence-electron chi connectivity index (χ3n) is 5.27. The summed E-state index contributed by atoms with van der Waals surface area (Å²) in [6.07, 6.45) is 0.366. The van der Waals surface area contributed by atoms with Crippen LogP contribution in [0.4, 0.5) is 15.8 Å². The average molecular weight is 548 g/mol. The van der Waals surface area contributed by atoms with Crippen LogP contribution in [0.2, 0.25) is 5.02 Å². The predicted octanol–water partition coefficient (Wildman–Crippen LogP) is 5.07. The highest BCUT2D eigenvalue weighted by Crippen LogP contribution is 2.30. The molecule has 0 spiro atoms. The number of carbonyl (C=O) groups is 2. The van der Waals surface area contributed by atoms with Gasteiger partial charge in [-0.2, -0.15) is 0 Å². The Hall–Kier alpha value is -3.63. The first-order valence-electron chi connectivity index (χ1n) is 11.3. The summed E-state index contributed by atoms with van der Waals surface area (Å²) < 4.78 is 46.5. The van der Waals surface area contributed by atoms with E-state index in [4.69, 9.17) is 16.3 Å². The average Bonchev–Trinajstić information content (AvgIpc) is 2.84. The van der Waals surface area contributed by atoms with E-state index in [1.54, 1.807) is 30.3 Å². The van der Waals surface area contributed by atoms with E-state index in [2.05, 4.69) is 15.4 Å². The summed E-state index contributed by atoms with van der Waals surface area (Å²) in [7, 11) is -2.70. The van der Waals surface area contributed by atoms with E-state index in [1.807, 2.05) is 13.8 Å². The van der Waals surface area contributed by atoms with Crippen molar-refractivity contribution in [3.63, 3.8) is 0 Å². The Kier molecular flexibility index (Phi) is 9.12. The van der Waals surface area contributed by atoms with Gasteiger partial charge in [0.2, 0.25) is 5.91 Å². The zero-order chi connectivity index (χ0) is 27.2. The molecule has 196 valence electrons. The summed E-state index contributed by atoms with van der Waals surface area (Å²) in [5.74, 6) is -1.18. The summed E-state index contributed by atoms with van der Waals surface area (Å²) in [4.78, 5) is 25.7. The van der Waals surface area contributed by atoms with Crippen LogP contribution >= 0.6 is 11.6 Å². The Morgan fingerprint density at radius 1 is 1.00 bits per heavy atom. The van der Waals surface area contributed by atoms with Crippen LogP contribution < -0.4 is 20.1 Å². The lowest BCUT2D eigenvalue weighted by Crippen LogP contribution is -2.44. The third-order valence-corrected chi connectivity index (χ3v) is 6.90. The van der Waals surface area contributed by atoms with Gasteiger partial charge < -0.3 is 15.4 Å². The van der Waals surface area contributed by atoms with Crippen molar-refractivity contribution in [2.24, 2.45) is 5.92 Å². The van der Waals surface area contributed by atoms with Gasteiger partial charge in [0.25, 0.3) is 15.9 Å². The van der Waals surface area contributed by atoms with Gasteiger partial charge in [0.1, 0.15) is 17.6 Å². The van der Waals surface area contributed by atoms with E-state index in [0.717, 1.165) is 24.3 Å². The summed E-state index contributed by atoms with van der Waals surface area (Å²) >= 11 is 5.88. The van der Waals surface area contributed by atoms with Crippen LogP contribution in [0.3, 0.4) is 0 Å². The molecule has 0 saturated heterocycles. The second-order valence-electron chi connectivity index (χ2n) is 8.63. The molecule has 0 heterocycles. The molecule has 0 aliphatic heterocycles. The molecule has 0 aromatic heterocycles. The Morgan fingerprint density at radius 2 is 1.65 bits per heavy atom. The topological polar surface area (TPSA) is 114 Å². The number of rotatable bonds is 10. The van der Waals surface area contributed by atoms with E-state index in [-0.39, 0.29) is 27.9 Å². The molecule has 0 aliphatic rings. The van der Waals surface area contributed by atoms with Crippen LogP contribution in [0, 0.1) is 11.7 Å². The maximum absolute atomic E-state index is 13.2. The van der Waals surface area contributed by atoms with Crippen LogP contribution in [-0.4, -0.2) is 33.4 Å². The van der Waals surface area contributed by atoms with Gasteiger partial charge in [-0.15, -0.1) is 0 Å². The van der Waals surface area contributed by atoms with Crippen molar-refractivity contribution < 1.29 is 27.1 Å². The lowest BCUT2D eigenvalue weighted by atomic mass is 10.0. The molecular formula is C26H27ClFN3O5S. The van der Waals surface area contributed by atoms with Crippen molar-refractivity contribution in [3.8, 4) is 5.75 Å². The second kappa shape index (κ2) is 12.1. The van der Waals surface area contributed by atoms with E-state index in [0.29, 0.717) is 17.0 Å². The van der Waals surface area contributed by atoms with Gasteiger partial charge in [-0.1, -0.05) is 25.4 Å². The Bertz CT molecular complexity index is 1360. The fourth-order valence-corrected chi connectivity index (χ4v) is 4.65. The molecule has 3 aromatic rings. The summed E-state index contributed by atoms with van der Waals surface area (Å²) in [6.45, 7) is 3.84. The quantitative estimate of drug-likeness (QED) is 0.328. The molecule has 0 saturated carbocycles. The molecule has 0 bridgehead atoms. The standard InChI is InChI=1S/C26H27ClFN3O5S/c1-16(2)14-23(30-25(32)17-4-6-18(27)7-5-17)26(33)29-20-10-13-24(36-3)22(15-20)31-37(34,35)21-11-8-19(28)9-12-21/h4-13,15-16,23,31H,14H2,1-3H3,(H,29,33)(H,30,32). The number of benzene rings is 3. The van der Waals surface area contributed by atoms with Gasteiger partial charge in [-0.25, -0.2) is 12.8 Å². The molecule has 8 nitrogen and oxygen atoms in total. The fourth-order valence-electron chi connectivity index (χ4n) is 3.46. The largest absolute Gasteiger partial charge is 0.495 e. The molecule has 2 amide bonds. The van der Waals surface area contributed by atoms with Crippen LogP contribution in [0.15, 0.2) is 71.6 Å². The van der Waals surface area contributed by atoms with E-state index in [9.17, 15) is 22.4 Å². The molecular weight excluding hydrogens is 521 g/mol. The maximum Gasteiger partial charge on any atom is 0.262 e. The van der Waals surface area contributed by atoms with Crippen molar-refractivity contribution in [3.05, 3.63) is 83.1 Å². The number of halogens is 2. The summed E-state index contributed by atoms with van der Waals surface area (Å²) in [6, 6.07) is 14.2. The zero-order valence-electron chi connectivity index (χ0n) is 20.4.